The maximum Gasteiger partial charge on any atom is 0 e. The van der Waals surface area contributed by atoms with Gasteiger partial charge in [0.1, 0.15) is 0 Å². The van der Waals surface area contributed by atoms with Gasteiger partial charge < -0.3 is 10.3 Å². The molecule has 0 N–H and O–H groups in total. The van der Waals surface area contributed by atoms with Crippen LogP contribution in [0.4, 0.5) is 0 Å². The van der Waals surface area contributed by atoms with Gasteiger partial charge in [0.05, 0.1) is 0 Å². The smallest absolute Gasteiger partial charge is 0 e. The zero-order valence-electron chi connectivity index (χ0n) is 9.69. The fourth-order valence-electron chi connectivity index (χ4n) is 2.08. The summed E-state index contributed by atoms with van der Waals surface area (Å²) in [7, 11) is 0. The van der Waals surface area contributed by atoms with Crippen molar-refractivity contribution in [2.45, 2.75) is 19.8 Å². The van der Waals surface area contributed by atoms with E-state index >= 15 is 0 Å². The van der Waals surface area contributed by atoms with Crippen molar-refractivity contribution in [3.05, 3.63) is 41.3 Å². The molecule has 3 heteroatoms. The van der Waals surface area contributed by atoms with E-state index < -0.39 is 0 Å². The van der Waals surface area contributed by atoms with Crippen molar-refractivity contribution in [1.29, 1.82) is 0 Å². The molecule has 1 heterocycles. The monoisotopic (exact) mass is 289 g/mol. The average Bonchev–Trinajstić information content (AvgIpc) is 2.29. The molecule has 0 saturated carbocycles. The third kappa shape index (κ3) is 3.39. The SMILES string of the molecule is CC1CCCN(C(=[N-])c2[c-]cccc2)C1.[Y]. The van der Waals surface area contributed by atoms with Crippen LogP contribution in [0.5, 0.6) is 0 Å². The molecule has 0 aliphatic carbocycles. The van der Waals surface area contributed by atoms with E-state index in [-0.39, 0.29) is 32.7 Å². The fourth-order valence-corrected chi connectivity index (χ4v) is 2.08. The number of benzene rings is 1. The van der Waals surface area contributed by atoms with Crippen LogP contribution in [-0.2, 0) is 32.7 Å². The Morgan fingerprint density at radius 1 is 1.50 bits per heavy atom. The number of piperidine rings is 1. The van der Waals surface area contributed by atoms with E-state index in [2.05, 4.69) is 17.9 Å². The molecule has 1 radical (unpaired) electrons. The van der Waals surface area contributed by atoms with E-state index in [1.165, 1.54) is 6.42 Å². The number of likely N-dealkylation sites (tertiary alicyclic amines) is 1. The summed E-state index contributed by atoms with van der Waals surface area (Å²) in [6.07, 6.45) is 2.43. The number of hydrogen-bond acceptors (Lipinski definition) is 0. The molecule has 1 unspecified atom stereocenters. The zero-order chi connectivity index (χ0) is 10.7. The van der Waals surface area contributed by atoms with Crippen LogP contribution < -0.4 is 0 Å². The Balaban J connectivity index is 0.00000128. The fraction of sp³-hybridized carbons (Fsp3) is 0.462. The molecule has 16 heavy (non-hydrogen) atoms. The zero-order valence-corrected chi connectivity index (χ0v) is 12.5. The van der Waals surface area contributed by atoms with Crippen molar-refractivity contribution in [3.63, 3.8) is 0 Å². The molecule has 2 rings (SSSR count). The summed E-state index contributed by atoms with van der Waals surface area (Å²) in [5.41, 5.74) is 0.798. The molecular formula is C13H16N2Y-2. The molecule has 0 aromatic heterocycles. The third-order valence-electron chi connectivity index (χ3n) is 2.91. The van der Waals surface area contributed by atoms with Crippen LogP contribution in [0.1, 0.15) is 25.3 Å². The minimum absolute atomic E-state index is 0. The van der Waals surface area contributed by atoms with Crippen molar-refractivity contribution in [2.75, 3.05) is 13.1 Å². The second kappa shape index (κ2) is 6.51. The predicted molar refractivity (Wildman–Crippen MR) is 62.7 cm³/mol. The Bertz CT molecular complexity index is 337. The van der Waals surface area contributed by atoms with Crippen molar-refractivity contribution in [1.82, 2.24) is 4.90 Å². The average molecular weight is 289 g/mol. The summed E-state index contributed by atoms with van der Waals surface area (Å²) in [6, 6.07) is 10.6. The Labute approximate surface area is 123 Å². The van der Waals surface area contributed by atoms with Gasteiger partial charge >= 0.3 is 0 Å². The van der Waals surface area contributed by atoms with Gasteiger partial charge in [0, 0.05) is 32.7 Å². The number of hydrogen-bond donors (Lipinski definition) is 0. The summed E-state index contributed by atoms with van der Waals surface area (Å²) >= 11 is 0. The van der Waals surface area contributed by atoms with Crippen molar-refractivity contribution in [3.8, 4) is 0 Å². The van der Waals surface area contributed by atoms with Crippen LogP contribution >= 0.6 is 0 Å². The van der Waals surface area contributed by atoms with Crippen molar-refractivity contribution >= 4 is 5.84 Å². The van der Waals surface area contributed by atoms with Crippen LogP contribution in [0.25, 0.3) is 5.41 Å². The maximum absolute atomic E-state index is 10.1. The first kappa shape index (κ1) is 13.9. The summed E-state index contributed by atoms with van der Waals surface area (Å²) in [5, 5.41) is 10.1. The third-order valence-corrected chi connectivity index (χ3v) is 2.91. The molecule has 1 aromatic carbocycles. The molecule has 0 bridgehead atoms. The first-order valence-electron chi connectivity index (χ1n) is 5.55. The molecule has 1 aliphatic heterocycles. The second-order valence-electron chi connectivity index (χ2n) is 4.29. The van der Waals surface area contributed by atoms with E-state index in [0.29, 0.717) is 11.8 Å². The molecule has 1 atom stereocenters. The topological polar surface area (TPSA) is 25.5 Å². The van der Waals surface area contributed by atoms with Crippen LogP contribution in [0.3, 0.4) is 0 Å². The molecule has 83 valence electrons. The largest absolute Gasteiger partial charge is 0.521 e. The van der Waals surface area contributed by atoms with Gasteiger partial charge in [-0.3, -0.25) is 0 Å². The Morgan fingerprint density at radius 2 is 2.31 bits per heavy atom. The van der Waals surface area contributed by atoms with Gasteiger partial charge in [0.25, 0.3) is 0 Å². The van der Waals surface area contributed by atoms with Crippen molar-refractivity contribution < 1.29 is 32.7 Å². The van der Waals surface area contributed by atoms with Crippen LogP contribution in [0.2, 0.25) is 0 Å². The molecular weight excluding hydrogens is 273 g/mol. The quantitative estimate of drug-likeness (QED) is 0.443. The molecule has 1 aliphatic rings. The van der Waals surface area contributed by atoms with Gasteiger partial charge in [0.2, 0.25) is 0 Å². The molecule has 2 nitrogen and oxygen atoms in total. The number of amidine groups is 1. The number of rotatable bonds is 1. The summed E-state index contributed by atoms with van der Waals surface area (Å²) in [6.45, 7) is 4.14. The van der Waals surface area contributed by atoms with E-state index in [4.69, 9.17) is 0 Å². The van der Waals surface area contributed by atoms with Gasteiger partial charge in [-0.1, -0.05) is 32.9 Å². The number of nitrogens with zero attached hydrogens (tertiary/aromatic N) is 2. The van der Waals surface area contributed by atoms with Gasteiger partial charge in [-0.05, 0) is 5.92 Å². The molecule has 0 spiro atoms. The van der Waals surface area contributed by atoms with Gasteiger partial charge in [-0.2, -0.15) is 11.4 Å². The molecule has 1 fully saturated rings. The van der Waals surface area contributed by atoms with E-state index in [1.807, 2.05) is 24.3 Å². The first-order chi connectivity index (χ1) is 7.27. The predicted octanol–water partition coefficient (Wildman–Crippen LogP) is 2.53. The minimum atomic E-state index is 0. The molecule has 1 saturated heterocycles. The van der Waals surface area contributed by atoms with Crippen LogP contribution in [0, 0.1) is 12.0 Å². The Hall–Kier alpha value is -0.206. The van der Waals surface area contributed by atoms with Gasteiger partial charge in [-0.25, -0.2) is 0 Å². The summed E-state index contributed by atoms with van der Waals surface area (Å²) in [4.78, 5) is 2.06. The van der Waals surface area contributed by atoms with Gasteiger partial charge in [-0.15, -0.1) is 30.3 Å². The van der Waals surface area contributed by atoms with E-state index in [0.717, 1.165) is 25.1 Å². The normalized spacial score (nSPS) is 20.1. The maximum atomic E-state index is 10.1. The van der Waals surface area contributed by atoms with E-state index in [1.54, 1.807) is 0 Å². The van der Waals surface area contributed by atoms with E-state index in [9.17, 15) is 5.41 Å². The van der Waals surface area contributed by atoms with Crippen LogP contribution in [-0.4, -0.2) is 23.8 Å². The van der Waals surface area contributed by atoms with Crippen LogP contribution in [0.15, 0.2) is 24.3 Å². The van der Waals surface area contributed by atoms with Gasteiger partial charge in [0.15, 0.2) is 0 Å². The first-order valence-corrected chi connectivity index (χ1v) is 5.55. The van der Waals surface area contributed by atoms with Crippen molar-refractivity contribution in [2.24, 2.45) is 5.92 Å². The standard InChI is InChI=1S/C13H16N2.Y/c1-11-6-5-9-15(10-11)13(14)12-7-3-2-4-8-12;/h2-4,7,11H,5-6,9-10H2,1H3;/q-2;. The summed E-state index contributed by atoms with van der Waals surface area (Å²) < 4.78 is 0. The molecule has 1 aromatic rings. The second-order valence-corrected chi connectivity index (χ2v) is 4.29. The Kier molecular flexibility index (Phi) is 5.64. The molecule has 0 amide bonds. The Morgan fingerprint density at radius 3 is 2.94 bits per heavy atom. The minimum Gasteiger partial charge on any atom is -0.521 e. The summed E-state index contributed by atoms with van der Waals surface area (Å²) in [5.74, 6) is 1.05.